The molecule has 1 rings (SSSR count). The van der Waals surface area contributed by atoms with Crippen molar-refractivity contribution in [1.82, 2.24) is 5.32 Å². The molecule has 0 aromatic heterocycles. The highest BCUT2D eigenvalue weighted by atomic mass is 35.5. The average Bonchev–Trinajstić information content (AvgIpc) is 1.94. The molecular formula is C6H11ClN. The molecule has 1 N–H and O–H groups in total. The second-order valence-corrected chi connectivity index (χ2v) is 2.73. The summed E-state index contributed by atoms with van der Waals surface area (Å²) in [6.45, 7) is 2.07. The van der Waals surface area contributed by atoms with Crippen LogP contribution in [0.3, 0.4) is 0 Å². The highest BCUT2D eigenvalue weighted by Crippen LogP contribution is 2.07. The third-order valence-corrected chi connectivity index (χ3v) is 1.65. The Balaban J connectivity index is 2.17. The van der Waals surface area contributed by atoms with Gasteiger partial charge in [-0.15, -0.1) is 11.6 Å². The van der Waals surface area contributed by atoms with Gasteiger partial charge in [0.1, 0.15) is 0 Å². The Hall–Kier alpha value is 0.250. The monoisotopic (exact) mass is 132 g/mol. The molecule has 0 saturated carbocycles. The second-order valence-electron chi connectivity index (χ2n) is 2.11. The Kier molecular flexibility index (Phi) is 2.64. The van der Waals surface area contributed by atoms with Gasteiger partial charge in [0, 0.05) is 11.9 Å². The first-order valence-corrected chi connectivity index (χ1v) is 3.49. The van der Waals surface area contributed by atoms with Crippen molar-refractivity contribution in [1.29, 1.82) is 0 Å². The van der Waals surface area contributed by atoms with Crippen LogP contribution in [0.25, 0.3) is 0 Å². The van der Waals surface area contributed by atoms with E-state index in [-0.39, 0.29) is 0 Å². The Morgan fingerprint density at radius 1 is 1.62 bits per heavy atom. The Morgan fingerprint density at radius 2 is 2.50 bits per heavy atom. The summed E-state index contributed by atoms with van der Waals surface area (Å²) in [5.74, 6) is 0. The topological polar surface area (TPSA) is 12.0 Å². The fraction of sp³-hybridized carbons (Fsp3) is 0.833. The van der Waals surface area contributed by atoms with Crippen molar-refractivity contribution in [2.24, 2.45) is 0 Å². The van der Waals surface area contributed by atoms with Gasteiger partial charge in [-0.05, 0) is 25.8 Å². The fourth-order valence-electron chi connectivity index (χ4n) is 0.845. The SMILES string of the molecule is ClC1C[CH]CCNC1. The Bertz CT molecular complexity index is 57.5. The first-order chi connectivity index (χ1) is 3.89. The van der Waals surface area contributed by atoms with Gasteiger partial charge in [-0.1, -0.05) is 0 Å². The van der Waals surface area contributed by atoms with E-state index in [4.69, 9.17) is 11.6 Å². The minimum absolute atomic E-state index is 0.331. The summed E-state index contributed by atoms with van der Waals surface area (Å²) in [5, 5.41) is 3.56. The Labute approximate surface area is 55.4 Å². The number of nitrogens with one attached hydrogen (secondary N) is 1. The minimum Gasteiger partial charge on any atom is -0.315 e. The molecule has 8 heavy (non-hydrogen) atoms. The molecule has 1 heterocycles. The van der Waals surface area contributed by atoms with Crippen LogP contribution in [0.15, 0.2) is 0 Å². The summed E-state index contributed by atoms with van der Waals surface area (Å²) in [4.78, 5) is 0. The third kappa shape index (κ3) is 2.01. The summed E-state index contributed by atoms with van der Waals surface area (Å²) in [5.41, 5.74) is 0. The highest BCUT2D eigenvalue weighted by Gasteiger charge is 2.06. The van der Waals surface area contributed by atoms with E-state index in [2.05, 4.69) is 11.7 Å². The number of hydrogen-bond donors (Lipinski definition) is 1. The molecule has 0 spiro atoms. The van der Waals surface area contributed by atoms with Crippen molar-refractivity contribution < 1.29 is 0 Å². The largest absolute Gasteiger partial charge is 0.315 e. The van der Waals surface area contributed by atoms with Crippen molar-refractivity contribution in [3.05, 3.63) is 6.42 Å². The molecule has 1 aliphatic heterocycles. The smallest absolute Gasteiger partial charge is 0.0463 e. The summed E-state index contributed by atoms with van der Waals surface area (Å²) < 4.78 is 0. The van der Waals surface area contributed by atoms with E-state index in [1.54, 1.807) is 0 Å². The molecule has 1 aliphatic rings. The minimum atomic E-state index is 0.331. The molecule has 0 aliphatic carbocycles. The maximum Gasteiger partial charge on any atom is 0.0463 e. The third-order valence-electron chi connectivity index (χ3n) is 1.31. The van der Waals surface area contributed by atoms with E-state index in [9.17, 15) is 0 Å². The van der Waals surface area contributed by atoms with E-state index in [0.717, 1.165) is 19.5 Å². The molecule has 0 bridgehead atoms. The van der Waals surface area contributed by atoms with E-state index >= 15 is 0 Å². The van der Waals surface area contributed by atoms with E-state index in [1.165, 1.54) is 6.42 Å². The summed E-state index contributed by atoms with van der Waals surface area (Å²) in [6, 6.07) is 0. The predicted octanol–water partition coefficient (Wildman–Crippen LogP) is 1.18. The first-order valence-electron chi connectivity index (χ1n) is 3.06. The van der Waals surface area contributed by atoms with Crippen LogP contribution in [-0.2, 0) is 0 Å². The van der Waals surface area contributed by atoms with Gasteiger partial charge in [-0.25, -0.2) is 0 Å². The molecule has 2 heteroatoms. The van der Waals surface area contributed by atoms with Gasteiger partial charge in [0.2, 0.25) is 0 Å². The number of halogens is 1. The van der Waals surface area contributed by atoms with Gasteiger partial charge in [0.15, 0.2) is 0 Å². The molecule has 1 saturated heterocycles. The predicted molar refractivity (Wildman–Crippen MR) is 36.0 cm³/mol. The van der Waals surface area contributed by atoms with Crippen LogP contribution in [-0.4, -0.2) is 18.5 Å². The zero-order valence-electron chi connectivity index (χ0n) is 4.86. The first kappa shape index (κ1) is 6.37. The van der Waals surface area contributed by atoms with Gasteiger partial charge in [0.25, 0.3) is 0 Å². The van der Waals surface area contributed by atoms with E-state index < -0.39 is 0 Å². The van der Waals surface area contributed by atoms with Crippen LogP contribution in [0.1, 0.15) is 12.8 Å². The second kappa shape index (κ2) is 3.31. The van der Waals surface area contributed by atoms with Gasteiger partial charge in [-0.3, -0.25) is 0 Å². The van der Waals surface area contributed by atoms with Gasteiger partial charge in [0.05, 0.1) is 0 Å². The van der Waals surface area contributed by atoms with Gasteiger partial charge < -0.3 is 5.32 Å². The van der Waals surface area contributed by atoms with Crippen molar-refractivity contribution in [2.75, 3.05) is 13.1 Å². The number of alkyl halides is 1. The van der Waals surface area contributed by atoms with Crippen molar-refractivity contribution >= 4 is 11.6 Å². The molecule has 0 aromatic carbocycles. The normalized spacial score (nSPS) is 31.9. The molecule has 1 nitrogen and oxygen atoms in total. The molecule has 1 atom stereocenters. The lowest BCUT2D eigenvalue weighted by atomic mass is 10.2. The molecule has 1 fully saturated rings. The molecule has 47 valence electrons. The lowest BCUT2D eigenvalue weighted by molar-refractivity contribution is 0.708. The summed E-state index contributed by atoms with van der Waals surface area (Å²) >= 11 is 5.83. The molecule has 1 unspecified atom stereocenters. The highest BCUT2D eigenvalue weighted by molar-refractivity contribution is 6.20. The molecule has 0 aromatic rings. The fourth-order valence-corrected chi connectivity index (χ4v) is 1.08. The maximum atomic E-state index is 5.83. The van der Waals surface area contributed by atoms with Crippen LogP contribution in [0.2, 0.25) is 0 Å². The van der Waals surface area contributed by atoms with E-state index in [1.807, 2.05) is 0 Å². The molecular weight excluding hydrogens is 122 g/mol. The number of hydrogen-bond acceptors (Lipinski definition) is 1. The lowest BCUT2D eigenvalue weighted by Crippen LogP contribution is -2.20. The van der Waals surface area contributed by atoms with Gasteiger partial charge >= 0.3 is 0 Å². The number of rotatable bonds is 0. The molecule has 0 amide bonds. The van der Waals surface area contributed by atoms with Crippen molar-refractivity contribution in [2.45, 2.75) is 18.2 Å². The van der Waals surface area contributed by atoms with Crippen molar-refractivity contribution in [3.8, 4) is 0 Å². The van der Waals surface area contributed by atoms with Crippen LogP contribution in [0.5, 0.6) is 0 Å². The molecule has 1 radical (unpaired) electrons. The zero-order chi connectivity index (χ0) is 5.82. The van der Waals surface area contributed by atoms with Crippen LogP contribution < -0.4 is 5.32 Å². The zero-order valence-corrected chi connectivity index (χ0v) is 5.62. The lowest BCUT2D eigenvalue weighted by Gasteiger charge is -2.01. The standard InChI is InChI=1S/C6H11ClN/c7-6-3-1-2-4-8-5-6/h1,6,8H,2-5H2. The quantitative estimate of drug-likeness (QED) is 0.488. The maximum absolute atomic E-state index is 5.83. The van der Waals surface area contributed by atoms with E-state index in [0.29, 0.717) is 5.38 Å². The average molecular weight is 133 g/mol. The summed E-state index contributed by atoms with van der Waals surface area (Å²) in [6.07, 6.45) is 4.48. The Morgan fingerprint density at radius 3 is 3.38 bits per heavy atom. The van der Waals surface area contributed by atoms with Crippen LogP contribution in [0, 0.1) is 6.42 Å². The van der Waals surface area contributed by atoms with Crippen LogP contribution in [0.4, 0.5) is 0 Å². The summed E-state index contributed by atoms with van der Waals surface area (Å²) in [7, 11) is 0. The van der Waals surface area contributed by atoms with Gasteiger partial charge in [-0.2, -0.15) is 0 Å². The van der Waals surface area contributed by atoms with Crippen LogP contribution >= 0.6 is 11.6 Å². The van der Waals surface area contributed by atoms with Crippen molar-refractivity contribution in [3.63, 3.8) is 0 Å².